The molecule has 0 heterocycles. The SMILES string of the molecule is CCCCCCCCC1Cc2ccccc2C1([N+](=O)[O-])S(=O)(=O)[O-].[Na+]. The molecule has 2 atom stereocenters. The third kappa shape index (κ3) is 4.45. The van der Waals surface area contributed by atoms with Gasteiger partial charge < -0.3 is 4.55 Å². The maximum atomic E-state index is 11.9. The summed E-state index contributed by atoms with van der Waals surface area (Å²) >= 11 is 0. The molecule has 0 N–H and O–H groups in total. The molecule has 2 rings (SSSR count). The molecule has 0 amide bonds. The average molecular weight is 377 g/mol. The van der Waals surface area contributed by atoms with E-state index in [4.69, 9.17) is 0 Å². The van der Waals surface area contributed by atoms with Crippen molar-refractivity contribution in [1.29, 1.82) is 0 Å². The molecular weight excluding hydrogens is 353 g/mol. The predicted molar refractivity (Wildman–Crippen MR) is 90.0 cm³/mol. The molecule has 0 saturated heterocycles. The molecule has 0 radical (unpaired) electrons. The molecular formula is C17H24NNaO5S. The quantitative estimate of drug-likeness (QED) is 0.206. The largest absolute Gasteiger partial charge is 1.00 e. The van der Waals surface area contributed by atoms with E-state index in [0.717, 1.165) is 32.1 Å². The van der Waals surface area contributed by atoms with E-state index in [2.05, 4.69) is 6.92 Å². The van der Waals surface area contributed by atoms with Gasteiger partial charge in [-0.3, -0.25) is 10.1 Å². The molecule has 6 nitrogen and oxygen atoms in total. The Hall–Kier alpha value is -0.470. The number of hydrogen-bond acceptors (Lipinski definition) is 5. The molecule has 0 spiro atoms. The van der Waals surface area contributed by atoms with Gasteiger partial charge in [0.05, 0.1) is 5.92 Å². The summed E-state index contributed by atoms with van der Waals surface area (Å²) in [6.45, 7) is 2.13. The molecule has 134 valence electrons. The summed E-state index contributed by atoms with van der Waals surface area (Å²) in [7, 11) is -5.13. The molecule has 1 aromatic rings. The van der Waals surface area contributed by atoms with Crippen LogP contribution in [0.25, 0.3) is 0 Å². The number of rotatable bonds is 9. The van der Waals surface area contributed by atoms with Gasteiger partial charge in [0.1, 0.15) is 0 Å². The van der Waals surface area contributed by atoms with Crippen LogP contribution < -0.4 is 29.6 Å². The van der Waals surface area contributed by atoms with Gasteiger partial charge in [0.15, 0.2) is 10.1 Å². The fraction of sp³-hybridized carbons (Fsp3) is 0.647. The number of benzene rings is 1. The third-order valence-corrected chi connectivity index (χ3v) is 6.45. The molecule has 1 aliphatic rings. The van der Waals surface area contributed by atoms with Gasteiger partial charge >= 0.3 is 34.4 Å². The smallest absolute Gasteiger partial charge is 0.742 e. The Labute approximate surface area is 171 Å². The summed E-state index contributed by atoms with van der Waals surface area (Å²) in [5, 5.41) is 11.7. The van der Waals surface area contributed by atoms with E-state index in [1.165, 1.54) is 6.07 Å². The zero-order valence-electron chi connectivity index (χ0n) is 14.9. The number of nitrogens with zero attached hydrogens (tertiary/aromatic N) is 1. The topological polar surface area (TPSA) is 100 Å². The van der Waals surface area contributed by atoms with E-state index < -0.39 is 25.8 Å². The first kappa shape index (κ1) is 22.6. The van der Waals surface area contributed by atoms with E-state index in [1.54, 1.807) is 18.2 Å². The van der Waals surface area contributed by atoms with Crippen LogP contribution in [0.5, 0.6) is 0 Å². The second-order valence-corrected chi connectivity index (χ2v) is 8.05. The van der Waals surface area contributed by atoms with Crippen molar-refractivity contribution in [2.24, 2.45) is 5.92 Å². The van der Waals surface area contributed by atoms with Crippen LogP contribution in [0.15, 0.2) is 24.3 Å². The standard InChI is InChI=1S/C17H25NO5S.Na/c1-2-3-4-5-6-7-11-15-13-14-10-8-9-12-16(14)17(15,18(19)20)24(21,22)23;/h8-10,12,15H,2-7,11,13H2,1H3,(H,21,22,23);/q;+1/p-1. The first-order valence-corrected chi connectivity index (χ1v) is 9.94. The molecule has 0 bridgehead atoms. The van der Waals surface area contributed by atoms with Crippen molar-refractivity contribution in [1.82, 2.24) is 0 Å². The molecule has 25 heavy (non-hydrogen) atoms. The van der Waals surface area contributed by atoms with Crippen molar-refractivity contribution < 1.29 is 47.5 Å². The molecule has 0 saturated carbocycles. The number of unbranched alkanes of at least 4 members (excludes halogenated alkanes) is 5. The van der Waals surface area contributed by atoms with Crippen LogP contribution in [0.3, 0.4) is 0 Å². The van der Waals surface area contributed by atoms with Gasteiger partial charge in [0, 0.05) is 10.5 Å². The van der Waals surface area contributed by atoms with Gasteiger partial charge in [-0.05, 0) is 18.4 Å². The van der Waals surface area contributed by atoms with Crippen molar-refractivity contribution in [3.63, 3.8) is 0 Å². The maximum absolute atomic E-state index is 11.9. The van der Waals surface area contributed by atoms with Crippen LogP contribution in [-0.4, -0.2) is 17.9 Å². The van der Waals surface area contributed by atoms with Crippen molar-refractivity contribution >= 4 is 10.1 Å². The van der Waals surface area contributed by atoms with Gasteiger partial charge in [0.25, 0.3) is 0 Å². The molecule has 0 aromatic heterocycles. The minimum Gasteiger partial charge on any atom is -0.742 e. The van der Waals surface area contributed by atoms with E-state index in [-0.39, 0.29) is 41.5 Å². The Kier molecular flexibility index (Phi) is 8.54. The second kappa shape index (κ2) is 9.46. The second-order valence-electron chi connectivity index (χ2n) is 6.52. The van der Waals surface area contributed by atoms with Gasteiger partial charge in [0.2, 0.25) is 0 Å². The molecule has 1 aromatic carbocycles. The molecule has 1 aliphatic carbocycles. The summed E-state index contributed by atoms with van der Waals surface area (Å²) in [5.74, 6) is -0.793. The molecule has 2 unspecified atom stereocenters. The Bertz CT molecular complexity index is 694. The molecule has 0 fully saturated rings. The monoisotopic (exact) mass is 377 g/mol. The van der Waals surface area contributed by atoms with Crippen LogP contribution in [-0.2, 0) is 21.4 Å². The van der Waals surface area contributed by atoms with Crippen LogP contribution in [0.4, 0.5) is 0 Å². The van der Waals surface area contributed by atoms with Gasteiger partial charge in [-0.25, -0.2) is 8.42 Å². The van der Waals surface area contributed by atoms with E-state index in [1.807, 2.05) is 0 Å². The molecule has 8 heteroatoms. The first-order valence-electron chi connectivity index (χ1n) is 8.54. The minimum absolute atomic E-state index is 0. The zero-order valence-corrected chi connectivity index (χ0v) is 17.8. The first-order chi connectivity index (χ1) is 11.4. The fourth-order valence-corrected chi connectivity index (χ4v) is 5.08. The summed E-state index contributed by atoms with van der Waals surface area (Å²) < 4.78 is 35.8. The summed E-state index contributed by atoms with van der Waals surface area (Å²) in [6, 6.07) is 6.36. The zero-order chi connectivity index (χ0) is 17.8. The number of nitro groups is 1. The average Bonchev–Trinajstić information content (AvgIpc) is 2.85. The third-order valence-electron chi connectivity index (χ3n) is 4.98. The van der Waals surface area contributed by atoms with Crippen LogP contribution in [0, 0.1) is 16.0 Å². The van der Waals surface area contributed by atoms with Crippen LogP contribution in [0.1, 0.15) is 63.0 Å². The van der Waals surface area contributed by atoms with Crippen LogP contribution in [0.2, 0.25) is 0 Å². The van der Waals surface area contributed by atoms with Crippen molar-refractivity contribution in [2.45, 2.75) is 63.2 Å². The molecule has 0 aliphatic heterocycles. The minimum atomic E-state index is -5.13. The van der Waals surface area contributed by atoms with Crippen LogP contribution >= 0.6 is 0 Å². The van der Waals surface area contributed by atoms with Gasteiger partial charge in [-0.1, -0.05) is 69.7 Å². The van der Waals surface area contributed by atoms with E-state index in [9.17, 15) is 23.1 Å². The summed E-state index contributed by atoms with van der Waals surface area (Å²) in [4.78, 5) is 8.34. The Balaban J connectivity index is 0.00000312. The summed E-state index contributed by atoms with van der Waals surface area (Å²) in [5.41, 5.74) is 0.658. The van der Waals surface area contributed by atoms with Crippen molar-refractivity contribution in [2.75, 3.05) is 0 Å². The van der Waals surface area contributed by atoms with E-state index >= 15 is 0 Å². The van der Waals surface area contributed by atoms with Gasteiger partial charge in [-0.2, -0.15) is 0 Å². The van der Waals surface area contributed by atoms with Gasteiger partial charge in [-0.15, -0.1) is 0 Å². The summed E-state index contributed by atoms with van der Waals surface area (Å²) in [6.07, 6.45) is 6.69. The van der Waals surface area contributed by atoms with Crippen molar-refractivity contribution in [3.05, 3.63) is 45.5 Å². The Morgan fingerprint density at radius 1 is 1.16 bits per heavy atom. The fourth-order valence-electron chi connectivity index (χ4n) is 3.82. The van der Waals surface area contributed by atoms with E-state index in [0.29, 0.717) is 18.4 Å². The number of hydrogen-bond donors (Lipinski definition) is 0. The predicted octanol–water partition coefficient (Wildman–Crippen LogP) is 0.588. The number of fused-ring (bicyclic) bond motifs is 1. The van der Waals surface area contributed by atoms with Crippen molar-refractivity contribution in [3.8, 4) is 0 Å². The normalized spacial score (nSPS) is 22.2. The Morgan fingerprint density at radius 3 is 2.36 bits per heavy atom. The Morgan fingerprint density at radius 2 is 1.76 bits per heavy atom. The maximum Gasteiger partial charge on any atom is 1.00 e.